The number of fused-ring (bicyclic) bond motifs is 1. The second-order valence-electron chi connectivity index (χ2n) is 7.64. The zero-order valence-corrected chi connectivity index (χ0v) is 21.7. The first-order valence-corrected chi connectivity index (χ1v) is 11.7. The van der Waals surface area contributed by atoms with E-state index in [1.54, 1.807) is 40.6 Å². The number of rotatable bonds is 8. The molecule has 0 aliphatic rings. The summed E-state index contributed by atoms with van der Waals surface area (Å²) in [5.41, 5.74) is 4.43. The maximum atomic E-state index is 6.23. The monoisotopic (exact) mass is 522 g/mol. The van der Waals surface area contributed by atoms with E-state index in [0.29, 0.717) is 55.5 Å². The maximum Gasteiger partial charge on any atom is 0.161 e. The highest BCUT2D eigenvalue weighted by Crippen LogP contribution is 2.31. The molecule has 0 fully saturated rings. The molecule has 0 N–H and O–H groups in total. The Morgan fingerprint density at radius 3 is 1.28 bits per heavy atom. The van der Waals surface area contributed by atoms with Gasteiger partial charge in [0, 0.05) is 0 Å². The van der Waals surface area contributed by atoms with Gasteiger partial charge in [0.1, 0.15) is 0 Å². The van der Waals surface area contributed by atoms with Crippen molar-refractivity contribution in [2.45, 2.75) is 0 Å². The van der Waals surface area contributed by atoms with Crippen molar-refractivity contribution in [1.82, 2.24) is 9.97 Å². The second-order valence-corrected chi connectivity index (χ2v) is 8.46. The molecule has 184 valence electrons. The summed E-state index contributed by atoms with van der Waals surface area (Å²) in [6.07, 6.45) is 7.65. The van der Waals surface area contributed by atoms with Crippen molar-refractivity contribution in [2.24, 2.45) is 0 Å². The van der Waals surface area contributed by atoms with Crippen LogP contribution in [0.4, 0.5) is 0 Å². The van der Waals surface area contributed by atoms with Crippen molar-refractivity contribution in [2.75, 3.05) is 28.4 Å². The molecule has 0 unspecified atom stereocenters. The smallest absolute Gasteiger partial charge is 0.161 e. The lowest BCUT2D eigenvalue weighted by atomic mass is 10.1. The summed E-state index contributed by atoms with van der Waals surface area (Å²) >= 11 is 12.5. The van der Waals surface area contributed by atoms with Crippen LogP contribution in [-0.4, -0.2) is 38.4 Å². The predicted octanol–water partition coefficient (Wildman–Crippen LogP) is 7.31. The van der Waals surface area contributed by atoms with Gasteiger partial charge in [0.25, 0.3) is 0 Å². The van der Waals surface area contributed by atoms with Crippen LogP contribution in [0.25, 0.3) is 35.3 Å². The molecule has 0 saturated heterocycles. The van der Waals surface area contributed by atoms with Crippen LogP contribution in [0.15, 0.2) is 48.5 Å². The number of nitrogens with zero attached hydrogens (tertiary/aromatic N) is 2. The number of methoxy groups -OCH3 is 4. The van der Waals surface area contributed by atoms with Gasteiger partial charge in [0.15, 0.2) is 23.0 Å². The van der Waals surface area contributed by atoms with Crippen LogP contribution in [0.1, 0.15) is 22.5 Å². The molecule has 0 aliphatic heterocycles. The van der Waals surface area contributed by atoms with Gasteiger partial charge in [0.05, 0.1) is 60.9 Å². The van der Waals surface area contributed by atoms with E-state index in [-0.39, 0.29) is 0 Å². The van der Waals surface area contributed by atoms with E-state index in [9.17, 15) is 0 Å². The number of aromatic nitrogens is 2. The van der Waals surface area contributed by atoms with Crippen LogP contribution in [0.2, 0.25) is 10.0 Å². The Labute approximate surface area is 219 Å². The molecular weight excluding hydrogens is 499 g/mol. The van der Waals surface area contributed by atoms with Crippen molar-refractivity contribution < 1.29 is 18.9 Å². The van der Waals surface area contributed by atoms with Gasteiger partial charge in [-0.3, -0.25) is 0 Å². The van der Waals surface area contributed by atoms with E-state index in [0.717, 1.165) is 11.1 Å². The SMILES string of the molecule is COc1ccc(C=Cc2nc3cc(Cl)c(Cl)cc3nc2C=Cc2ccc(OC)c(OC)c2)cc1OC. The van der Waals surface area contributed by atoms with Crippen LogP contribution in [0, 0.1) is 0 Å². The highest BCUT2D eigenvalue weighted by molar-refractivity contribution is 6.42. The van der Waals surface area contributed by atoms with Crippen molar-refractivity contribution in [3.8, 4) is 23.0 Å². The predicted molar refractivity (Wildman–Crippen MR) is 147 cm³/mol. The van der Waals surface area contributed by atoms with Crippen molar-refractivity contribution in [3.05, 3.63) is 81.1 Å². The first-order valence-electron chi connectivity index (χ1n) is 10.9. The molecule has 8 heteroatoms. The molecule has 0 atom stereocenters. The normalized spacial score (nSPS) is 11.4. The molecule has 0 radical (unpaired) electrons. The van der Waals surface area contributed by atoms with Gasteiger partial charge in [-0.25, -0.2) is 9.97 Å². The zero-order chi connectivity index (χ0) is 25.7. The number of hydrogen-bond acceptors (Lipinski definition) is 6. The van der Waals surface area contributed by atoms with Crippen LogP contribution in [-0.2, 0) is 0 Å². The Bertz CT molecular complexity index is 1360. The van der Waals surface area contributed by atoms with Crippen molar-refractivity contribution in [1.29, 1.82) is 0 Å². The Kier molecular flexibility index (Phi) is 7.98. The minimum Gasteiger partial charge on any atom is -0.493 e. The summed E-state index contributed by atoms with van der Waals surface area (Å²) in [6, 6.07) is 14.8. The molecule has 0 amide bonds. The van der Waals surface area contributed by atoms with E-state index in [1.807, 2.05) is 60.7 Å². The fraction of sp³-hybridized carbons (Fsp3) is 0.143. The summed E-state index contributed by atoms with van der Waals surface area (Å²) in [7, 11) is 6.41. The molecule has 0 saturated carbocycles. The van der Waals surface area contributed by atoms with Gasteiger partial charge in [-0.1, -0.05) is 47.5 Å². The quantitative estimate of drug-likeness (QED) is 0.241. The lowest BCUT2D eigenvalue weighted by Gasteiger charge is -2.09. The average molecular weight is 523 g/mol. The third-order valence-corrected chi connectivity index (χ3v) is 6.17. The standard InChI is InChI=1S/C28H24Cl2N2O4/c1-33-25-11-7-17(13-27(25)35-3)5-9-21-22(32-24-16-20(30)19(29)15-23(24)31-21)10-6-18-8-12-26(34-2)28(14-18)36-4/h5-16H,1-4H3. The third kappa shape index (κ3) is 5.56. The molecule has 4 rings (SSSR count). The van der Waals surface area contributed by atoms with Crippen LogP contribution in [0.5, 0.6) is 23.0 Å². The highest BCUT2D eigenvalue weighted by Gasteiger charge is 2.09. The summed E-state index contributed by atoms with van der Waals surface area (Å²) in [5, 5.41) is 0.837. The average Bonchev–Trinajstić information content (AvgIpc) is 2.90. The molecule has 0 bridgehead atoms. The topological polar surface area (TPSA) is 62.7 Å². The van der Waals surface area contributed by atoms with Crippen LogP contribution < -0.4 is 18.9 Å². The molecule has 0 aliphatic carbocycles. The van der Waals surface area contributed by atoms with Crippen molar-refractivity contribution >= 4 is 58.5 Å². The maximum absolute atomic E-state index is 6.23. The van der Waals surface area contributed by atoms with Gasteiger partial charge in [0.2, 0.25) is 0 Å². The largest absolute Gasteiger partial charge is 0.493 e. The first kappa shape index (κ1) is 25.4. The van der Waals surface area contributed by atoms with Gasteiger partial charge in [-0.05, 0) is 59.7 Å². The minimum atomic E-state index is 0.418. The van der Waals surface area contributed by atoms with E-state index in [2.05, 4.69) is 0 Å². The first-order chi connectivity index (χ1) is 17.4. The number of benzene rings is 3. The Hall–Kier alpha value is -3.74. The zero-order valence-electron chi connectivity index (χ0n) is 20.2. The van der Waals surface area contributed by atoms with Gasteiger partial charge in [-0.2, -0.15) is 0 Å². The Balaban J connectivity index is 1.77. The number of halogens is 2. The lowest BCUT2D eigenvalue weighted by Crippen LogP contribution is -1.95. The number of hydrogen-bond donors (Lipinski definition) is 0. The summed E-state index contributed by atoms with van der Waals surface area (Å²) < 4.78 is 21.5. The van der Waals surface area contributed by atoms with E-state index in [1.165, 1.54) is 0 Å². The van der Waals surface area contributed by atoms with Crippen molar-refractivity contribution in [3.63, 3.8) is 0 Å². The minimum absolute atomic E-state index is 0.418. The van der Waals surface area contributed by atoms with Gasteiger partial charge >= 0.3 is 0 Å². The van der Waals surface area contributed by atoms with Gasteiger partial charge in [-0.15, -0.1) is 0 Å². The third-order valence-electron chi connectivity index (χ3n) is 5.44. The van der Waals surface area contributed by atoms with Crippen LogP contribution in [0.3, 0.4) is 0 Å². The molecule has 36 heavy (non-hydrogen) atoms. The molecule has 6 nitrogen and oxygen atoms in total. The Morgan fingerprint density at radius 1 is 0.528 bits per heavy atom. The van der Waals surface area contributed by atoms with E-state index < -0.39 is 0 Å². The fourth-order valence-electron chi connectivity index (χ4n) is 3.59. The molecule has 4 aromatic rings. The Morgan fingerprint density at radius 2 is 0.917 bits per heavy atom. The van der Waals surface area contributed by atoms with Crippen LogP contribution >= 0.6 is 23.2 Å². The molecular formula is C28H24Cl2N2O4. The fourth-order valence-corrected chi connectivity index (χ4v) is 3.90. The summed E-state index contributed by atoms with van der Waals surface area (Å²) in [6.45, 7) is 0. The summed E-state index contributed by atoms with van der Waals surface area (Å²) in [5.74, 6) is 2.59. The lowest BCUT2D eigenvalue weighted by molar-refractivity contribution is 0.355. The van der Waals surface area contributed by atoms with E-state index in [4.69, 9.17) is 52.1 Å². The second kappa shape index (κ2) is 11.3. The number of ether oxygens (including phenoxy) is 4. The summed E-state index contributed by atoms with van der Waals surface area (Å²) in [4.78, 5) is 9.60. The van der Waals surface area contributed by atoms with Gasteiger partial charge < -0.3 is 18.9 Å². The molecule has 0 spiro atoms. The van der Waals surface area contributed by atoms with E-state index >= 15 is 0 Å². The molecule has 1 aromatic heterocycles. The molecule has 3 aromatic carbocycles. The molecule has 1 heterocycles. The highest BCUT2D eigenvalue weighted by atomic mass is 35.5.